The maximum absolute atomic E-state index is 12.9. The van der Waals surface area contributed by atoms with E-state index >= 15 is 0 Å². The zero-order valence-corrected chi connectivity index (χ0v) is 16.3. The normalized spacial score (nSPS) is 27.9. The zero-order chi connectivity index (χ0) is 19.0. The first kappa shape index (κ1) is 18.7. The topological polar surface area (TPSA) is 70.2 Å². The molecule has 4 aliphatic rings. The molecule has 1 aliphatic carbocycles. The number of carbonyl (C=O) groups excluding carboxylic acids is 3. The summed E-state index contributed by atoms with van der Waals surface area (Å²) in [6.07, 6.45) is 5.82. The van der Waals surface area contributed by atoms with E-state index in [1.54, 1.807) is 7.11 Å². The van der Waals surface area contributed by atoms with Gasteiger partial charge in [0.05, 0.1) is 5.92 Å². The second kappa shape index (κ2) is 7.41. The number of likely N-dealkylation sites (tertiary alicyclic amines) is 3. The van der Waals surface area contributed by atoms with Crippen molar-refractivity contribution in [3.8, 4) is 0 Å². The molecule has 3 saturated heterocycles. The number of piperidine rings is 1. The van der Waals surface area contributed by atoms with Gasteiger partial charge in [-0.15, -0.1) is 0 Å². The van der Waals surface area contributed by atoms with Crippen LogP contribution in [0.1, 0.15) is 44.9 Å². The third kappa shape index (κ3) is 3.84. The van der Waals surface area contributed by atoms with Gasteiger partial charge in [-0.05, 0) is 32.1 Å². The highest BCUT2D eigenvalue weighted by atomic mass is 16.5. The van der Waals surface area contributed by atoms with Crippen molar-refractivity contribution >= 4 is 17.7 Å². The molecule has 1 unspecified atom stereocenters. The minimum atomic E-state index is -0.164. The van der Waals surface area contributed by atoms with Crippen LogP contribution < -0.4 is 0 Å². The third-order valence-corrected chi connectivity index (χ3v) is 6.81. The van der Waals surface area contributed by atoms with Crippen molar-refractivity contribution in [1.29, 1.82) is 0 Å². The monoisotopic (exact) mass is 377 g/mol. The molecule has 3 aliphatic heterocycles. The summed E-state index contributed by atoms with van der Waals surface area (Å²) < 4.78 is 5.09. The summed E-state index contributed by atoms with van der Waals surface area (Å²) in [4.78, 5) is 43.2. The Kier molecular flexibility index (Phi) is 5.14. The smallest absolute Gasteiger partial charge is 0.227 e. The molecular formula is C20H31N3O4. The van der Waals surface area contributed by atoms with E-state index < -0.39 is 0 Å². The van der Waals surface area contributed by atoms with Gasteiger partial charge in [0.2, 0.25) is 17.7 Å². The average Bonchev–Trinajstić information content (AvgIpc) is 3.36. The maximum Gasteiger partial charge on any atom is 0.227 e. The van der Waals surface area contributed by atoms with Crippen LogP contribution in [0.5, 0.6) is 0 Å². The van der Waals surface area contributed by atoms with Crippen LogP contribution in [-0.4, -0.2) is 84.9 Å². The predicted molar refractivity (Wildman–Crippen MR) is 98.8 cm³/mol. The number of methoxy groups -OCH3 is 1. The van der Waals surface area contributed by atoms with Crippen molar-refractivity contribution in [2.75, 3.05) is 46.4 Å². The molecule has 3 heterocycles. The van der Waals surface area contributed by atoms with E-state index in [1.807, 2.05) is 14.7 Å². The van der Waals surface area contributed by atoms with Gasteiger partial charge in [0.25, 0.3) is 0 Å². The number of rotatable bonds is 6. The van der Waals surface area contributed by atoms with Crippen molar-refractivity contribution in [3.63, 3.8) is 0 Å². The van der Waals surface area contributed by atoms with Crippen molar-refractivity contribution in [2.45, 2.75) is 51.0 Å². The summed E-state index contributed by atoms with van der Waals surface area (Å²) >= 11 is 0. The van der Waals surface area contributed by atoms with Gasteiger partial charge in [0.15, 0.2) is 0 Å². The summed E-state index contributed by atoms with van der Waals surface area (Å²) in [5, 5.41) is 0. The van der Waals surface area contributed by atoms with Crippen LogP contribution in [0.2, 0.25) is 0 Å². The highest BCUT2D eigenvalue weighted by Crippen LogP contribution is 2.41. The van der Waals surface area contributed by atoms with Gasteiger partial charge < -0.3 is 19.4 Å². The van der Waals surface area contributed by atoms with Crippen molar-refractivity contribution < 1.29 is 19.1 Å². The third-order valence-electron chi connectivity index (χ3n) is 6.81. The van der Waals surface area contributed by atoms with Gasteiger partial charge in [-0.2, -0.15) is 0 Å². The molecule has 0 N–H and O–H groups in total. The Hall–Kier alpha value is -1.63. The molecule has 0 radical (unpaired) electrons. The SMILES string of the molecule is COCCCN1CC2(CCN(C(=O)C3CC(=O)N(C4CC4)C3)CC2)CC1=O. The van der Waals surface area contributed by atoms with Gasteiger partial charge in [0.1, 0.15) is 0 Å². The Labute approximate surface area is 161 Å². The Bertz CT molecular complexity index is 610. The summed E-state index contributed by atoms with van der Waals surface area (Å²) in [6.45, 7) is 4.29. The summed E-state index contributed by atoms with van der Waals surface area (Å²) in [5.74, 6) is 0.371. The molecule has 0 bridgehead atoms. The lowest BCUT2D eigenvalue weighted by Crippen LogP contribution is -2.46. The Balaban J connectivity index is 1.28. The molecule has 1 saturated carbocycles. The number of carbonyl (C=O) groups is 3. The first-order valence-electron chi connectivity index (χ1n) is 10.4. The molecule has 150 valence electrons. The molecule has 0 aromatic carbocycles. The number of ether oxygens (including phenoxy) is 1. The number of amides is 3. The standard InChI is InChI=1S/C20H31N3O4/c1-27-10-2-7-22-14-20(12-18(22)25)5-8-21(9-6-20)19(26)15-11-17(24)23(13-15)16-3-4-16/h15-16H,2-14H2,1H3. The molecule has 0 aromatic rings. The maximum atomic E-state index is 12.9. The first-order valence-corrected chi connectivity index (χ1v) is 10.4. The highest BCUT2D eigenvalue weighted by molar-refractivity contribution is 5.89. The minimum Gasteiger partial charge on any atom is -0.385 e. The molecule has 7 nitrogen and oxygen atoms in total. The van der Waals surface area contributed by atoms with E-state index in [2.05, 4.69) is 0 Å². The summed E-state index contributed by atoms with van der Waals surface area (Å²) in [7, 11) is 1.68. The van der Waals surface area contributed by atoms with Gasteiger partial charge >= 0.3 is 0 Å². The van der Waals surface area contributed by atoms with Crippen molar-refractivity contribution in [3.05, 3.63) is 0 Å². The van der Waals surface area contributed by atoms with E-state index in [9.17, 15) is 14.4 Å². The lowest BCUT2D eigenvalue weighted by atomic mass is 9.77. The number of hydrogen-bond donors (Lipinski definition) is 0. The largest absolute Gasteiger partial charge is 0.385 e. The minimum absolute atomic E-state index is 0.0342. The lowest BCUT2D eigenvalue weighted by Gasteiger charge is -2.39. The van der Waals surface area contributed by atoms with Crippen LogP contribution in [-0.2, 0) is 19.1 Å². The number of hydrogen-bond acceptors (Lipinski definition) is 4. The van der Waals surface area contributed by atoms with Gasteiger partial charge in [-0.25, -0.2) is 0 Å². The van der Waals surface area contributed by atoms with Crippen molar-refractivity contribution in [1.82, 2.24) is 14.7 Å². The quantitative estimate of drug-likeness (QED) is 0.644. The molecule has 1 spiro atoms. The van der Waals surface area contributed by atoms with Crippen LogP contribution in [0.15, 0.2) is 0 Å². The summed E-state index contributed by atoms with van der Waals surface area (Å²) in [6, 6.07) is 0.397. The second-order valence-electron chi connectivity index (χ2n) is 8.84. The second-order valence-corrected chi connectivity index (χ2v) is 8.84. The number of nitrogens with zero attached hydrogens (tertiary/aromatic N) is 3. The van der Waals surface area contributed by atoms with Crippen LogP contribution in [0, 0.1) is 11.3 Å². The fourth-order valence-corrected chi connectivity index (χ4v) is 5.02. The molecular weight excluding hydrogens is 346 g/mol. The fourth-order valence-electron chi connectivity index (χ4n) is 5.02. The lowest BCUT2D eigenvalue weighted by molar-refractivity contribution is -0.138. The molecule has 1 atom stereocenters. The summed E-state index contributed by atoms with van der Waals surface area (Å²) in [5.41, 5.74) is 0.0342. The molecule has 3 amide bonds. The fraction of sp³-hybridized carbons (Fsp3) is 0.850. The Morgan fingerprint density at radius 3 is 2.59 bits per heavy atom. The molecule has 4 fully saturated rings. The molecule has 0 aromatic heterocycles. The van der Waals surface area contributed by atoms with Crippen LogP contribution >= 0.6 is 0 Å². The zero-order valence-electron chi connectivity index (χ0n) is 16.3. The average molecular weight is 377 g/mol. The van der Waals surface area contributed by atoms with E-state index in [-0.39, 0.29) is 29.1 Å². The van der Waals surface area contributed by atoms with Gasteiger partial charge in [-0.3, -0.25) is 14.4 Å². The molecule has 4 rings (SSSR count). The van der Waals surface area contributed by atoms with Crippen LogP contribution in [0.3, 0.4) is 0 Å². The molecule has 7 heteroatoms. The first-order chi connectivity index (χ1) is 13.0. The Morgan fingerprint density at radius 1 is 1.19 bits per heavy atom. The van der Waals surface area contributed by atoms with Crippen LogP contribution in [0.25, 0.3) is 0 Å². The van der Waals surface area contributed by atoms with Gasteiger partial charge in [-0.1, -0.05) is 0 Å². The Morgan fingerprint density at radius 2 is 1.93 bits per heavy atom. The van der Waals surface area contributed by atoms with E-state index in [1.165, 1.54) is 0 Å². The van der Waals surface area contributed by atoms with Crippen LogP contribution in [0.4, 0.5) is 0 Å². The van der Waals surface area contributed by atoms with E-state index in [4.69, 9.17) is 4.74 Å². The molecule has 27 heavy (non-hydrogen) atoms. The van der Waals surface area contributed by atoms with E-state index in [0.717, 1.165) is 45.2 Å². The van der Waals surface area contributed by atoms with Crippen molar-refractivity contribution in [2.24, 2.45) is 11.3 Å². The van der Waals surface area contributed by atoms with E-state index in [0.29, 0.717) is 45.1 Å². The highest BCUT2D eigenvalue weighted by Gasteiger charge is 2.47. The van der Waals surface area contributed by atoms with Gasteiger partial charge in [0, 0.05) is 70.7 Å². The predicted octanol–water partition coefficient (Wildman–Crippen LogP) is 0.875.